The molecule has 0 unspecified atom stereocenters. The third kappa shape index (κ3) is 0.592. The Morgan fingerprint density at radius 3 is 1.55 bits per heavy atom. The van der Waals surface area contributed by atoms with Crippen LogP contribution in [-0.4, -0.2) is 12.2 Å². The Morgan fingerprint density at radius 2 is 1.36 bits per heavy atom. The van der Waals surface area contributed by atoms with E-state index in [1.807, 2.05) is 0 Å². The second kappa shape index (κ2) is 1.66. The summed E-state index contributed by atoms with van der Waals surface area (Å²) in [7, 11) is 0. The highest BCUT2D eigenvalue weighted by Gasteiger charge is 2.61. The molecular formula is C6H2F4O. The smallest absolute Gasteiger partial charge is 0.200 e. The lowest BCUT2D eigenvalue weighted by Crippen LogP contribution is -2.08. The summed E-state index contributed by atoms with van der Waals surface area (Å²) in [5.74, 6) is -6.54. The molecule has 2 aliphatic rings. The molecule has 1 aliphatic carbocycles. The highest BCUT2D eigenvalue weighted by molar-refractivity contribution is 5.48. The van der Waals surface area contributed by atoms with Crippen LogP contribution in [0.25, 0.3) is 0 Å². The summed E-state index contributed by atoms with van der Waals surface area (Å²) in [5, 5.41) is 0. The van der Waals surface area contributed by atoms with Crippen LogP contribution in [0.2, 0.25) is 0 Å². The van der Waals surface area contributed by atoms with Crippen LogP contribution in [-0.2, 0) is 4.74 Å². The van der Waals surface area contributed by atoms with Crippen LogP contribution in [0.5, 0.6) is 0 Å². The molecule has 0 N–H and O–H groups in total. The number of epoxide rings is 1. The molecule has 0 amide bonds. The van der Waals surface area contributed by atoms with Crippen LogP contribution in [0.4, 0.5) is 17.6 Å². The lowest BCUT2D eigenvalue weighted by Gasteiger charge is -1.96. The topological polar surface area (TPSA) is 12.5 Å². The van der Waals surface area contributed by atoms with Crippen molar-refractivity contribution in [3.8, 4) is 0 Å². The van der Waals surface area contributed by atoms with Gasteiger partial charge in [-0.2, -0.15) is 0 Å². The van der Waals surface area contributed by atoms with Gasteiger partial charge in [-0.25, -0.2) is 17.6 Å². The third-order valence-corrected chi connectivity index (χ3v) is 1.72. The first kappa shape index (κ1) is 6.84. The van der Waals surface area contributed by atoms with E-state index in [0.717, 1.165) is 0 Å². The van der Waals surface area contributed by atoms with Crippen LogP contribution >= 0.6 is 0 Å². The first-order valence-corrected chi connectivity index (χ1v) is 2.85. The zero-order valence-electron chi connectivity index (χ0n) is 5.13. The largest absolute Gasteiger partial charge is 0.354 e. The fourth-order valence-electron chi connectivity index (χ4n) is 0.969. The van der Waals surface area contributed by atoms with Crippen LogP contribution in [0.3, 0.4) is 0 Å². The number of halogens is 4. The average molecular weight is 166 g/mol. The minimum absolute atomic E-state index is 0.328. The summed E-state index contributed by atoms with van der Waals surface area (Å²) in [6.07, 6.45) is 0. The van der Waals surface area contributed by atoms with Gasteiger partial charge in [0.15, 0.2) is 28.9 Å². The van der Waals surface area contributed by atoms with Crippen molar-refractivity contribution in [3.63, 3.8) is 0 Å². The lowest BCUT2D eigenvalue weighted by atomic mass is 10.2. The Hall–Kier alpha value is -0.840. The van der Waals surface area contributed by atoms with Crippen molar-refractivity contribution in [3.05, 3.63) is 23.3 Å². The Balaban J connectivity index is 2.55. The van der Waals surface area contributed by atoms with Gasteiger partial charge < -0.3 is 4.74 Å². The summed E-state index contributed by atoms with van der Waals surface area (Å²) >= 11 is 0. The molecule has 0 atom stereocenters. The maximum Gasteiger partial charge on any atom is 0.200 e. The van der Waals surface area contributed by atoms with Gasteiger partial charge >= 0.3 is 0 Å². The predicted molar refractivity (Wildman–Crippen MR) is 27.2 cm³/mol. The molecule has 1 fully saturated rings. The van der Waals surface area contributed by atoms with Gasteiger partial charge in [0, 0.05) is 0 Å². The van der Waals surface area contributed by atoms with Gasteiger partial charge in [0.05, 0.1) is 6.61 Å². The lowest BCUT2D eigenvalue weighted by molar-refractivity contribution is 0.298. The molecule has 1 heterocycles. The first-order valence-electron chi connectivity index (χ1n) is 2.85. The molecule has 1 aliphatic heterocycles. The van der Waals surface area contributed by atoms with E-state index in [4.69, 9.17) is 0 Å². The minimum atomic E-state index is -2.02. The van der Waals surface area contributed by atoms with Crippen LogP contribution in [0.1, 0.15) is 0 Å². The van der Waals surface area contributed by atoms with E-state index >= 15 is 0 Å². The Morgan fingerprint density at radius 1 is 1.00 bits per heavy atom. The molecule has 0 aromatic heterocycles. The third-order valence-electron chi connectivity index (χ3n) is 1.72. The molecule has 1 nitrogen and oxygen atoms in total. The Kier molecular flexibility index (Phi) is 1.03. The number of hydrogen-bond donors (Lipinski definition) is 0. The number of allylic oxidation sites excluding steroid dienone is 2. The second-order valence-electron chi connectivity index (χ2n) is 2.37. The van der Waals surface area contributed by atoms with E-state index in [2.05, 4.69) is 4.74 Å². The molecule has 60 valence electrons. The molecule has 0 bridgehead atoms. The normalized spacial score (nSPS) is 27.3. The van der Waals surface area contributed by atoms with Gasteiger partial charge in [-0.15, -0.1) is 0 Å². The molecule has 1 saturated heterocycles. The van der Waals surface area contributed by atoms with E-state index in [9.17, 15) is 17.6 Å². The van der Waals surface area contributed by atoms with E-state index in [1.165, 1.54) is 0 Å². The van der Waals surface area contributed by atoms with E-state index < -0.39 is 28.9 Å². The quantitative estimate of drug-likeness (QED) is 0.396. The van der Waals surface area contributed by atoms with Crippen molar-refractivity contribution in [2.75, 3.05) is 6.61 Å². The minimum Gasteiger partial charge on any atom is -0.354 e. The molecular weight excluding hydrogens is 164 g/mol. The molecule has 2 rings (SSSR count). The SMILES string of the molecule is FC1=C(F)C2(CO2)C(F)=C1F. The Labute approximate surface area is 58.9 Å². The highest BCUT2D eigenvalue weighted by atomic mass is 19.2. The Bertz CT molecular complexity index is 261. The molecule has 5 heteroatoms. The van der Waals surface area contributed by atoms with Gasteiger partial charge in [-0.3, -0.25) is 0 Å². The average Bonchev–Trinajstić information content (AvgIpc) is 2.76. The summed E-state index contributed by atoms with van der Waals surface area (Å²) in [5.41, 5.74) is -2.02. The van der Waals surface area contributed by atoms with E-state index in [-0.39, 0.29) is 6.61 Å². The monoisotopic (exact) mass is 166 g/mol. The van der Waals surface area contributed by atoms with Gasteiger partial charge in [0.1, 0.15) is 0 Å². The van der Waals surface area contributed by atoms with Gasteiger partial charge in [-0.1, -0.05) is 0 Å². The maximum atomic E-state index is 12.5. The molecule has 1 spiro atoms. The summed E-state index contributed by atoms with van der Waals surface area (Å²) in [6, 6.07) is 0. The fraction of sp³-hybridized carbons (Fsp3) is 0.333. The molecule has 11 heavy (non-hydrogen) atoms. The van der Waals surface area contributed by atoms with Crippen molar-refractivity contribution in [1.29, 1.82) is 0 Å². The predicted octanol–water partition coefficient (Wildman–Crippen LogP) is 2.07. The van der Waals surface area contributed by atoms with E-state index in [0.29, 0.717) is 0 Å². The second-order valence-corrected chi connectivity index (χ2v) is 2.37. The van der Waals surface area contributed by atoms with E-state index in [1.54, 1.807) is 0 Å². The van der Waals surface area contributed by atoms with Crippen LogP contribution in [0.15, 0.2) is 23.3 Å². The molecule has 0 radical (unpaired) electrons. The highest BCUT2D eigenvalue weighted by Crippen LogP contribution is 2.52. The zero-order valence-corrected chi connectivity index (χ0v) is 5.13. The summed E-state index contributed by atoms with van der Waals surface area (Å²) < 4.78 is 53.8. The summed E-state index contributed by atoms with van der Waals surface area (Å²) in [6.45, 7) is -0.328. The van der Waals surface area contributed by atoms with Crippen molar-refractivity contribution >= 4 is 0 Å². The standard InChI is InChI=1S/C6H2F4O/c7-2-3(8)5(10)6(1-11-6)4(2)9/h1H2. The van der Waals surface area contributed by atoms with Crippen molar-refractivity contribution < 1.29 is 22.3 Å². The van der Waals surface area contributed by atoms with Gasteiger partial charge in [0.2, 0.25) is 0 Å². The molecule has 0 aromatic rings. The van der Waals surface area contributed by atoms with Crippen molar-refractivity contribution in [2.24, 2.45) is 0 Å². The number of ether oxygens (including phenoxy) is 1. The molecule has 0 aromatic carbocycles. The number of hydrogen-bond acceptors (Lipinski definition) is 1. The van der Waals surface area contributed by atoms with Crippen molar-refractivity contribution in [2.45, 2.75) is 5.60 Å². The summed E-state index contributed by atoms with van der Waals surface area (Å²) in [4.78, 5) is 0. The fourth-order valence-corrected chi connectivity index (χ4v) is 0.969. The zero-order chi connectivity index (χ0) is 8.22. The maximum absolute atomic E-state index is 12.5. The van der Waals surface area contributed by atoms with Gasteiger partial charge in [-0.05, 0) is 0 Å². The van der Waals surface area contributed by atoms with Crippen LogP contribution in [0, 0.1) is 0 Å². The number of rotatable bonds is 0. The van der Waals surface area contributed by atoms with Crippen molar-refractivity contribution in [1.82, 2.24) is 0 Å². The van der Waals surface area contributed by atoms with Gasteiger partial charge in [0.25, 0.3) is 0 Å². The molecule has 0 saturated carbocycles. The van der Waals surface area contributed by atoms with Crippen LogP contribution < -0.4 is 0 Å². The first-order chi connectivity index (χ1) is 5.09.